The first kappa shape index (κ1) is 20.1. The van der Waals surface area contributed by atoms with Gasteiger partial charge in [-0.05, 0) is 17.7 Å². The molecule has 2 N–H and O–H groups in total. The van der Waals surface area contributed by atoms with Crippen LogP contribution in [0.3, 0.4) is 0 Å². The van der Waals surface area contributed by atoms with Gasteiger partial charge in [-0.25, -0.2) is 4.68 Å². The summed E-state index contributed by atoms with van der Waals surface area (Å²) in [5.41, 5.74) is 3.11. The molecule has 0 saturated carbocycles. The lowest BCUT2D eigenvalue weighted by Crippen LogP contribution is -2.43. The molecule has 0 aliphatic carbocycles. The van der Waals surface area contributed by atoms with E-state index in [2.05, 4.69) is 16.0 Å². The highest BCUT2D eigenvalue weighted by atomic mass is 19.4. The second-order valence-electron chi connectivity index (χ2n) is 6.20. The molecule has 10 heteroatoms. The third-order valence-electron chi connectivity index (χ3n) is 4.11. The highest BCUT2D eigenvalue weighted by molar-refractivity contribution is 6.05. The molecule has 2 amide bonds. The Morgan fingerprint density at radius 2 is 1.72 bits per heavy atom. The molecule has 0 radical (unpaired) electrons. The van der Waals surface area contributed by atoms with Crippen molar-refractivity contribution in [1.82, 2.24) is 20.6 Å². The van der Waals surface area contributed by atoms with Gasteiger partial charge in [0.1, 0.15) is 0 Å². The van der Waals surface area contributed by atoms with Crippen molar-refractivity contribution in [2.75, 3.05) is 0 Å². The van der Waals surface area contributed by atoms with Crippen LogP contribution in [0.4, 0.5) is 13.2 Å². The van der Waals surface area contributed by atoms with Gasteiger partial charge in [-0.2, -0.15) is 18.3 Å². The first-order chi connectivity index (χ1) is 13.7. The molecule has 29 heavy (non-hydrogen) atoms. The quantitative estimate of drug-likeness (QED) is 0.653. The van der Waals surface area contributed by atoms with Gasteiger partial charge in [0.25, 0.3) is 11.5 Å². The summed E-state index contributed by atoms with van der Waals surface area (Å²) in [6.07, 6.45) is -4.89. The zero-order valence-corrected chi connectivity index (χ0v) is 15.1. The molecule has 3 rings (SSSR count). The summed E-state index contributed by atoms with van der Waals surface area (Å²) in [5.74, 6) is -1.49. The van der Waals surface area contributed by atoms with Crippen molar-refractivity contribution in [3.05, 3.63) is 75.7 Å². The van der Waals surface area contributed by atoms with E-state index in [0.29, 0.717) is 5.39 Å². The number of carbonyl (C=O) groups excluding carboxylic acids is 2. The van der Waals surface area contributed by atoms with Gasteiger partial charge < -0.3 is 0 Å². The fourth-order valence-electron chi connectivity index (χ4n) is 2.74. The molecule has 1 heterocycles. The number of amides is 2. The van der Waals surface area contributed by atoms with Crippen LogP contribution in [0.5, 0.6) is 0 Å². The lowest BCUT2D eigenvalue weighted by atomic mass is 10.1. The first-order valence-corrected chi connectivity index (χ1v) is 8.38. The number of alkyl halides is 3. The summed E-state index contributed by atoms with van der Waals surface area (Å²) < 4.78 is 39.2. The molecule has 7 nitrogen and oxygen atoms in total. The van der Waals surface area contributed by atoms with Gasteiger partial charge in [-0.1, -0.05) is 36.4 Å². The maximum atomic E-state index is 12.7. The molecule has 1 aromatic heterocycles. The van der Waals surface area contributed by atoms with E-state index in [-0.39, 0.29) is 28.6 Å². The monoisotopic (exact) mass is 404 g/mol. The van der Waals surface area contributed by atoms with Crippen LogP contribution in [-0.2, 0) is 24.4 Å². The fourth-order valence-corrected chi connectivity index (χ4v) is 2.74. The van der Waals surface area contributed by atoms with Crippen molar-refractivity contribution in [3.8, 4) is 0 Å². The Kier molecular flexibility index (Phi) is 5.35. The largest absolute Gasteiger partial charge is 0.416 e. The van der Waals surface area contributed by atoms with Crippen molar-refractivity contribution in [2.45, 2.75) is 12.6 Å². The third-order valence-corrected chi connectivity index (χ3v) is 4.11. The van der Waals surface area contributed by atoms with Gasteiger partial charge in [0.2, 0.25) is 5.91 Å². The Balaban J connectivity index is 1.72. The first-order valence-electron chi connectivity index (χ1n) is 8.38. The van der Waals surface area contributed by atoms with Gasteiger partial charge in [0.05, 0.1) is 17.4 Å². The molecule has 0 atom stereocenters. The summed E-state index contributed by atoms with van der Waals surface area (Å²) >= 11 is 0. The number of nitrogens with zero attached hydrogens (tertiary/aromatic N) is 2. The van der Waals surface area contributed by atoms with E-state index in [9.17, 15) is 27.6 Å². The lowest BCUT2D eigenvalue weighted by Gasteiger charge is -2.11. The molecule has 0 spiro atoms. The molecular weight excluding hydrogens is 389 g/mol. The molecule has 150 valence electrons. The summed E-state index contributed by atoms with van der Waals surface area (Å²) in [6.45, 7) is 0. The van der Waals surface area contributed by atoms with Crippen LogP contribution < -0.4 is 16.4 Å². The summed E-state index contributed by atoms with van der Waals surface area (Å²) in [5, 5.41) is 4.51. The molecule has 2 aromatic carbocycles. The lowest BCUT2D eigenvalue weighted by molar-refractivity contribution is -0.137. The molecule has 0 aliphatic rings. The van der Waals surface area contributed by atoms with Crippen LogP contribution in [0.1, 0.15) is 21.6 Å². The number of rotatable bonds is 3. The minimum absolute atomic E-state index is 0.0814. The molecule has 0 bridgehead atoms. The second kappa shape index (κ2) is 7.74. The molecular formula is C19H15F3N4O3. The smallest absolute Gasteiger partial charge is 0.273 e. The standard InChI is InChI=1S/C19H15F3N4O3/c1-26-18(29)14-8-3-2-7-13(14)16(25-26)17(28)24-23-15(27)10-11-5-4-6-12(9-11)19(20,21)22/h2-9H,10H2,1H3,(H,23,27)(H,24,28). The Bertz CT molecular complexity index is 1160. The normalized spacial score (nSPS) is 11.3. The van der Waals surface area contributed by atoms with Crippen molar-refractivity contribution in [2.24, 2.45) is 7.05 Å². The maximum Gasteiger partial charge on any atom is 0.416 e. The van der Waals surface area contributed by atoms with Gasteiger partial charge in [0.15, 0.2) is 5.69 Å². The predicted molar refractivity (Wildman–Crippen MR) is 97.7 cm³/mol. The Morgan fingerprint density at radius 1 is 1.03 bits per heavy atom. The van der Waals surface area contributed by atoms with E-state index in [4.69, 9.17) is 0 Å². The number of aryl methyl sites for hydroxylation is 1. The Hall–Kier alpha value is -3.69. The molecule has 3 aromatic rings. The highest BCUT2D eigenvalue weighted by Crippen LogP contribution is 2.29. The number of hydrogen-bond acceptors (Lipinski definition) is 4. The predicted octanol–water partition coefficient (Wildman–Crippen LogP) is 1.96. The van der Waals surface area contributed by atoms with Crippen LogP contribution in [0.25, 0.3) is 10.8 Å². The summed E-state index contributed by atoms with van der Waals surface area (Å²) in [4.78, 5) is 36.5. The Morgan fingerprint density at radius 3 is 2.41 bits per heavy atom. The number of hydrazine groups is 1. The SMILES string of the molecule is Cn1nc(C(=O)NNC(=O)Cc2cccc(C(F)(F)F)c2)c2ccccc2c1=O. The van der Waals surface area contributed by atoms with E-state index in [1.54, 1.807) is 24.3 Å². The van der Waals surface area contributed by atoms with Crippen LogP contribution in [0.15, 0.2) is 53.3 Å². The minimum atomic E-state index is -4.52. The van der Waals surface area contributed by atoms with Crippen molar-refractivity contribution < 1.29 is 22.8 Å². The van der Waals surface area contributed by atoms with Crippen molar-refractivity contribution in [3.63, 3.8) is 0 Å². The molecule has 0 unspecified atom stereocenters. The van der Waals surface area contributed by atoms with Gasteiger partial charge in [0, 0.05) is 12.4 Å². The number of hydrogen-bond donors (Lipinski definition) is 2. The second-order valence-corrected chi connectivity index (χ2v) is 6.20. The van der Waals surface area contributed by atoms with Crippen molar-refractivity contribution >= 4 is 22.6 Å². The van der Waals surface area contributed by atoms with E-state index < -0.39 is 23.6 Å². The molecule has 0 fully saturated rings. The van der Waals surface area contributed by atoms with Gasteiger partial charge in [-0.3, -0.25) is 25.2 Å². The summed E-state index contributed by atoms with van der Waals surface area (Å²) in [6, 6.07) is 10.7. The molecule has 0 saturated heterocycles. The fraction of sp³-hybridized carbons (Fsp3) is 0.158. The zero-order valence-electron chi connectivity index (χ0n) is 15.1. The number of fused-ring (bicyclic) bond motifs is 1. The number of aromatic nitrogens is 2. The number of benzene rings is 2. The van der Waals surface area contributed by atoms with Gasteiger partial charge >= 0.3 is 6.18 Å². The van der Waals surface area contributed by atoms with E-state index in [1.807, 2.05) is 0 Å². The summed E-state index contributed by atoms with van der Waals surface area (Å²) in [7, 11) is 1.39. The minimum Gasteiger partial charge on any atom is -0.273 e. The van der Waals surface area contributed by atoms with Crippen LogP contribution in [0, 0.1) is 0 Å². The van der Waals surface area contributed by atoms with E-state index in [1.165, 1.54) is 19.2 Å². The van der Waals surface area contributed by atoms with E-state index in [0.717, 1.165) is 16.8 Å². The van der Waals surface area contributed by atoms with Gasteiger partial charge in [-0.15, -0.1) is 0 Å². The van der Waals surface area contributed by atoms with Crippen LogP contribution >= 0.6 is 0 Å². The Labute approximate surface area is 162 Å². The topological polar surface area (TPSA) is 93.1 Å². The van der Waals surface area contributed by atoms with E-state index >= 15 is 0 Å². The number of nitrogens with one attached hydrogen (secondary N) is 2. The van der Waals surface area contributed by atoms with Crippen molar-refractivity contribution in [1.29, 1.82) is 0 Å². The number of carbonyl (C=O) groups is 2. The maximum absolute atomic E-state index is 12.7. The zero-order chi connectivity index (χ0) is 21.2. The molecule has 0 aliphatic heterocycles. The highest BCUT2D eigenvalue weighted by Gasteiger charge is 2.30. The van der Waals surface area contributed by atoms with Crippen LogP contribution in [0.2, 0.25) is 0 Å². The van der Waals surface area contributed by atoms with Crippen LogP contribution in [-0.4, -0.2) is 21.6 Å². The average Bonchev–Trinajstić information content (AvgIpc) is 2.68. The number of halogens is 3. The third kappa shape index (κ3) is 4.42. The average molecular weight is 404 g/mol.